The molecule has 0 rings (SSSR count). The predicted octanol–water partition coefficient (Wildman–Crippen LogP) is 3.28. The lowest BCUT2D eigenvalue weighted by atomic mass is 9.91. The summed E-state index contributed by atoms with van der Waals surface area (Å²) in [6.07, 6.45) is 8.07. The third kappa shape index (κ3) is 6.20. The van der Waals surface area contributed by atoms with Crippen LogP contribution in [0.5, 0.6) is 0 Å². The van der Waals surface area contributed by atoms with E-state index in [1.54, 1.807) is 0 Å². The standard InChI is InChI=1S/C15H30N2O/c1-4-7-9-11-13(15(17)18)12(10-8-5-2)14(16)6-3/h14H,4-11,16H2,1-3H3,(H2,17,18)/b13-12-. The number of carbonyl (C=O) groups is 1. The summed E-state index contributed by atoms with van der Waals surface area (Å²) < 4.78 is 0. The molecule has 1 amide bonds. The van der Waals surface area contributed by atoms with E-state index in [1.165, 1.54) is 0 Å². The Kier molecular flexibility index (Phi) is 9.66. The lowest BCUT2D eigenvalue weighted by molar-refractivity contribution is -0.114. The van der Waals surface area contributed by atoms with Crippen molar-refractivity contribution in [2.24, 2.45) is 11.5 Å². The first-order chi connectivity index (χ1) is 8.58. The fourth-order valence-electron chi connectivity index (χ4n) is 2.17. The molecule has 0 saturated carbocycles. The minimum atomic E-state index is -0.277. The second kappa shape index (κ2) is 10.1. The summed E-state index contributed by atoms with van der Waals surface area (Å²) in [5.41, 5.74) is 13.6. The SMILES string of the molecule is CCCCC/C(C(N)=O)=C(\CCCC)C(N)CC. The molecule has 0 aliphatic heterocycles. The molecule has 0 aliphatic carbocycles. The summed E-state index contributed by atoms with van der Waals surface area (Å²) in [4.78, 5) is 11.6. The summed E-state index contributed by atoms with van der Waals surface area (Å²) in [5.74, 6) is -0.277. The molecule has 0 aromatic carbocycles. The fraction of sp³-hybridized carbons (Fsp3) is 0.800. The molecule has 3 nitrogen and oxygen atoms in total. The number of hydrogen-bond donors (Lipinski definition) is 2. The smallest absolute Gasteiger partial charge is 0.244 e. The van der Waals surface area contributed by atoms with Crippen molar-refractivity contribution in [2.45, 2.75) is 78.2 Å². The molecular weight excluding hydrogens is 224 g/mol. The molecule has 4 N–H and O–H groups in total. The van der Waals surface area contributed by atoms with Gasteiger partial charge in [0.15, 0.2) is 0 Å². The third-order valence-electron chi connectivity index (χ3n) is 3.40. The minimum absolute atomic E-state index is 0.0133. The highest BCUT2D eigenvalue weighted by Gasteiger charge is 2.16. The first-order valence-corrected chi connectivity index (χ1v) is 7.35. The van der Waals surface area contributed by atoms with E-state index in [0.29, 0.717) is 0 Å². The van der Waals surface area contributed by atoms with Crippen LogP contribution in [0.15, 0.2) is 11.1 Å². The van der Waals surface area contributed by atoms with E-state index in [9.17, 15) is 4.79 Å². The zero-order valence-electron chi connectivity index (χ0n) is 12.3. The van der Waals surface area contributed by atoms with Crippen LogP contribution in [0.1, 0.15) is 72.1 Å². The molecule has 0 spiro atoms. The number of carbonyl (C=O) groups excluding carboxylic acids is 1. The summed E-state index contributed by atoms with van der Waals surface area (Å²) >= 11 is 0. The maximum atomic E-state index is 11.6. The van der Waals surface area contributed by atoms with E-state index in [2.05, 4.69) is 20.8 Å². The molecule has 0 radical (unpaired) electrons. The first kappa shape index (κ1) is 17.2. The van der Waals surface area contributed by atoms with Crippen molar-refractivity contribution in [1.29, 1.82) is 0 Å². The van der Waals surface area contributed by atoms with Crippen LogP contribution in [0.25, 0.3) is 0 Å². The van der Waals surface area contributed by atoms with Gasteiger partial charge in [-0.3, -0.25) is 4.79 Å². The highest BCUT2D eigenvalue weighted by Crippen LogP contribution is 2.22. The second-order valence-electron chi connectivity index (χ2n) is 4.94. The molecule has 0 aromatic rings. The zero-order chi connectivity index (χ0) is 14.0. The molecule has 0 aromatic heterocycles. The number of unbranched alkanes of at least 4 members (excludes halogenated alkanes) is 3. The van der Waals surface area contributed by atoms with Crippen LogP contribution < -0.4 is 11.5 Å². The van der Waals surface area contributed by atoms with E-state index in [1.807, 2.05) is 0 Å². The Labute approximate surface area is 112 Å². The van der Waals surface area contributed by atoms with Gasteiger partial charge >= 0.3 is 0 Å². The Morgan fingerprint density at radius 3 is 2.06 bits per heavy atom. The lowest BCUT2D eigenvalue weighted by Gasteiger charge is -2.18. The van der Waals surface area contributed by atoms with Gasteiger partial charge in [0.2, 0.25) is 5.91 Å². The minimum Gasteiger partial charge on any atom is -0.366 e. The zero-order valence-corrected chi connectivity index (χ0v) is 12.3. The monoisotopic (exact) mass is 254 g/mol. The Morgan fingerprint density at radius 2 is 1.61 bits per heavy atom. The maximum Gasteiger partial charge on any atom is 0.244 e. The van der Waals surface area contributed by atoms with Gasteiger partial charge in [-0.1, -0.05) is 40.0 Å². The highest BCUT2D eigenvalue weighted by molar-refractivity contribution is 5.92. The Balaban J connectivity index is 4.94. The Morgan fingerprint density at radius 1 is 1.00 bits per heavy atom. The maximum absolute atomic E-state index is 11.6. The van der Waals surface area contributed by atoms with Crippen LogP contribution in [-0.2, 0) is 4.79 Å². The van der Waals surface area contributed by atoms with Crippen molar-refractivity contribution >= 4 is 5.91 Å². The summed E-state index contributed by atoms with van der Waals surface area (Å²) in [6.45, 7) is 6.36. The summed E-state index contributed by atoms with van der Waals surface area (Å²) in [6, 6.07) is -0.0133. The van der Waals surface area contributed by atoms with Gasteiger partial charge in [-0.25, -0.2) is 0 Å². The van der Waals surface area contributed by atoms with E-state index < -0.39 is 0 Å². The molecule has 0 bridgehead atoms. The Bertz CT molecular complexity index is 272. The Hall–Kier alpha value is -0.830. The quantitative estimate of drug-likeness (QED) is 0.464. The van der Waals surface area contributed by atoms with Gasteiger partial charge in [0.05, 0.1) is 0 Å². The highest BCUT2D eigenvalue weighted by atomic mass is 16.1. The third-order valence-corrected chi connectivity index (χ3v) is 3.40. The van der Waals surface area contributed by atoms with Gasteiger partial charge in [0.25, 0.3) is 0 Å². The van der Waals surface area contributed by atoms with Crippen LogP contribution in [0.3, 0.4) is 0 Å². The van der Waals surface area contributed by atoms with Crippen LogP contribution >= 0.6 is 0 Å². The van der Waals surface area contributed by atoms with Crippen LogP contribution in [0, 0.1) is 0 Å². The van der Waals surface area contributed by atoms with Gasteiger partial charge in [-0.05, 0) is 37.7 Å². The van der Waals surface area contributed by atoms with Crippen LogP contribution in [0.2, 0.25) is 0 Å². The number of hydrogen-bond acceptors (Lipinski definition) is 2. The number of nitrogens with two attached hydrogens (primary N) is 2. The molecule has 3 heteroatoms. The van der Waals surface area contributed by atoms with E-state index >= 15 is 0 Å². The summed E-state index contributed by atoms with van der Waals surface area (Å²) in [5, 5.41) is 0. The average Bonchev–Trinajstić information content (AvgIpc) is 2.36. The molecule has 1 atom stereocenters. The first-order valence-electron chi connectivity index (χ1n) is 7.35. The van der Waals surface area contributed by atoms with Crippen LogP contribution in [0.4, 0.5) is 0 Å². The average molecular weight is 254 g/mol. The van der Waals surface area contributed by atoms with Crippen molar-refractivity contribution in [2.75, 3.05) is 0 Å². The van der Waals surface area contributed by atoms with Crippen molar-refractivity contribution in [3.63, 3.8) is 0 Å². The molecule has 106 valence electrons. The largest absolute Gasteiger partial charge is 0.366 e. The van der Waals surface area contributed by atoms with Gasteiger partial charge in [-0.15, -0.1) is 0 Å². The normalized spacial score (nSPS) is 14.2. The van der Waals surface area contributed by atoms with Crippen molar-refractivity contribution in [3.8, 4) is 0 Å². The fourth-order valence-corrected chi connectivity index (χ4v) is 2.17. The second-order valence-corrected chi connectivity index (χ2v) is 4.94. The van der Waals surface area contributed by atoms with E-state index in [0.717, 1.165) is 62.5 Å². The number of primary amides is 1. The van der Waals surface area contributed by atoms with Gasteiger partial charge in [0, 0.05) is 11.6 Å². The molecule has 0 aliphatic rings. The van der Waals surface area contributed by atoms with Crippen molar-refractivity contribution in [3.05, 3.63) is 11.1 Å². The summed E-state index contributed by atoms with van der Waals surface area (Å²) in [7, 11) is 0. The number of rotatable bonds is 10. The molecule has 0 fully saturated rings. The van der Waals surface area contributed by atoms with Crippen LogP contribution in [-0.4, -0.2) is 11.9 Å². The molecule has 0 heterocycles. The topological polar surface area (TPSA) is 69.1 Å². The van der Waals surface area contributed by atoms with Gasteiger partial charge in [0.1, 0.15) is 0 Å². The van der Waals surface area contributed by atoms with Crippen molar-refractivity contribution in [1.82, 2.24) is 0 Å². The van der Waals surface area contributed by atoms with Gasteiger partial charge < -0.3 is 11.5 Å². The number of amides is 1. The van der Waals surface area contributed by atoms with Crippen molar-refractivity contribution < 1.29 is 4.79 Å². The predicted molar refractivity (Wildman–Crippen MR) is 78.2 cm³/mol. The van der Waals surface area contributed by atoms with E-state index in [4.69, 9.17) is 11.5 Å². The molecule has 1 unspecified atom stereocenters. The molecular formula is C15H30N2O. The molecule has 0 saturated heterocycles. The lowest BCUT2D eigenvalue weighted by Crippen LogP contribution is -2.27. The van der Waals surface area contributed by atoms with Gasteiger partial charge in [-0.2, -0.15) is 0 Å². The molecule has 18 heavy (non-hydrogen) atoms. The van der Waals surface area contributed by atoms with E-state index in [-0.39, 0.29) is 11.9 Å².